The van der Waals surface area contributed by atoms with Crippen molar-refractivity contribution in [1.82, 2.24) is 5.32 Å². The molecule has 0 aliphatic rings. The number of hydrogen-bond donors (Lipinski definition) is 2. The lowest BCUT2D eigenvalue weighted by Gasteiger charge is -2.23. The molecule has 4 nitrogen and oxygen atoms in total. The summed E-state index contributed by atoms with van der Waals surface area (Å²) in [6, 6.07) is 0.255. The van der Waals surface area contributed by atoms with E-state index in [9.17, 15) is 0 Å². The van der Waals surface area contributed by atoms with Crippen molar-refractivity contribution < 1.29 is 14.6 Å². The molecule has 0 aromatic rings. The molecule has 17 heavy (non-hydrogen) atoms. The monoisotopic (exact) mass is 247 g/mol. The fourth-order valence-corrected chi connectivity index (χ4v) is 1.39. The Hall–Kier alpha value is -0.160. The fraction of sp³-hybridized carbons (Fsp3) is 1.00. The predicted molar refractivity (Wildman–Crippen MR) is 70.3 cm³/mol. The van der Waals surface area contributed by atoms with Crippen LogP contribution in [-0.4, -0.2) is 50.2 Å². The third-order valence-electron chi connectivity index (χ3n) is 2.88. The third-order valence-corrected chi connectivity index (χ3v) is 2.88. The largest absolute Gasteiger partial charge is 0.396 e. The Kier molecular flexibility index (Phi) is 9.74. The standard InChI is InChI=1S/C13H29NO3/c1-5-8-14-12(6-9-15)11-17-10-7-13(2,3)16-4/h12,14-15H,5-11H2,1-4H3. The summed E-state index contributed by atoms with van der Waals surface area (Å²) in [5.74, 6) is 0. The van der Waals surface area contributed by atoms with Crippen LogP contribution >= 0.6 is 0 Å². The first-order valence-electron chi connectivity index (χ1n) is 6.53. The van der Waals surface area contributed by atoms with Gasteiger partial charge in [-0.05, 0) is 39.7 Å². The third kappa shape index (κ3) is 9.53. The summed E-state index contributed by atoms with van der Waals surface area (Å²) in [7, 11) is 1.72. The summed E-state index contributed by atoms with van der Waals surface area (Å²) in [6.07, 6.45) is 2.72. The zero-order chi connectivity index (χ0) is 13.1. The van der Waals surface area contributed by atoms with Crippen molar-refractivity contribution >= 4 is 0 Å². The van der Waals surface area contributed by atoms with E-state index in [1.165, 1.54) is 0 Å². The zero-order valence-electron chi connectivity index (χ0n) is 11.8. The number of nitrogens with one attached hydrogen (secondary N) is 1. The van der Waals surface area contributed by atoms with Gasteiger partial charge in [0.2, 0.25) is 0 Å². The lowest BCUT2D eigenvalue weighted by atomic mass is 10.1. The molecule has 0 bridgehead atoms. The maximum atomic E-state index is 8.94. The van der Waals surface area contributed by atoms with Gasteiger partial charge in [0.05, 0.1) is 12.2 Å². The van der Waals surface area contributed by atoms with E-state index in [2.05, 4.69) is 26.1 Å². The average molecular weight is 247 g/mol. The van der Waals surface area contributed by atoms with Gasteiger partial charge >= 0.3 is 0 Å². The van der Waals surface area contributed by atoms with Gasteiger partial charge in [0.1, 0.15) is 0 Å². The van der Waals surface area contributed by atoms with Gasteiger partial charge in [0.15, 0.2) is 0 Å². The molecule has 1 atom stereocenters. The number of rotatable bonds is 11. The molecule has 2 N–H and O–H groups in total. The van der Waals surface area contributed by atoms with Gasteiger partial charge in [0.25, 0.3) is 0 Å². The fourth-order valence-electron chi connectivity index (χ4n) is 1.39. The molecule has 0 aliphatic heterocycles. The molecule has 0 saturated carbocycles. The minimum Gasteiger partial charge on any atom is -0.396 e. The average Bonchev–Trinajstić information content (AvgIpc) is 2.31. The molecule has 0 saturated heterocycles. The maximum Gasteiger partial charge on any atom is 0.0644 e. The highest BCUT2D eigenvalue weighted by atomic mass is 16.5. The molecular formula is C13H29NO3. The quantitative estimate of drug-likeness (QED) is 0.544. The first kappa shape index (κ1) is 16.8. The van der Waals surface area contributed by atoms with E-state index in [0.717, 1.165) is 25.8 Å². The summed E-state index contributed by atoms with van der Waals surface area (Å²) in [5.41, 5.74) is -0.122. The molecule has 0 aromatic heterocycles. The Bertz CT molecular complexity index is 174. The first-order chi connectivity index (χ1) is 8.05. The molecule has 1 unspecified atom stereocenters. The van der Waals surface area contributed by atoms with Crippen molar-refractivity contribution in [2.45, 2.75) is 51.7 Å². The molecular weight excluding hydrogens is 218 g/mol. The number of ether oxygens (including phenoxy) is 2. The Balaban J connectivity index is 3.66. The van der Waals surface area contributed by atoms with Crippen LogP contribution in [-0.2, 0) is 9.47 Å². The molecule has 4 heteroatoms. The molecule has 0 aliphatic carbocycles. The summed E-state index contributed by atoms with van der Waals surface area (Å²) in [4.78, 5) is 0. The van der Waals surface area contributed by atoms with Gasteiger partial charge in [-0.15, -0.1) is 0 Å². The predicted octanol–water partition coefficient (Wildman–Crippen LogP) is 1.57. The van der Waals surface area contributed by atoms with Crippen molar-refractivity contribution in [3.63, 3.8) is 0 Å². The lowest BCUT2D eigenvalue weighted by molar-refractivity contribution is -0.0130. The molecule has 0 radical (unpaired) electrons. The van der Waals surface area contributed by atoms with Crippen LogP contribution in [0.15, 0.2) is 0 Å². The minimum atomic E-state index is -0.122. The van der Waals surface area contributed by atoms with E-state index in [1.807, 2.05) is 0 Å². The van der Waals surface area contributed by atoms with Crippen molar-refractivity contribution in [3.05, 3.63) is 0 Å². The Morgan fingerprint density at radius 2 is 2.06 bits per heavy atom. The van der Waals surface area contributed by atoms with Gasteiger partial charge < -0.3 is 19.9 Å². The molecule has 0 amide bonds. The summed E-state index contributed by atoms with van der Waals surface area (Å²) in [5, 5.41) is 12.3. The zero-order valence-corrected chi connectivity index (χ0v) is 11.8. The second kappa shape index (κ2) is 9.83. The van der Waals surface area contributed by atoms with Gasteiger partial charge in [-0.3, -0.25) is 0 Å². The molecule has 0 rings (SSSR count). The number of aliphatic hydroxyl groups is 1. The van der Waals surface area contributed by atoms with Crippen molar-refractivity contribution in [3.8, 4) is 0 Å². The Morgan fingerprint density at radius 3 is 2.59 bits per heavy atom. The number of hydrogen-bond acceptors (Lipinski definition) is 4. The number of methoxy groups -OCH3 is 1. The highest BCUT2D eigenvalue weighted by Crippen LogP contribution is 2.12. The van der Waals surface area contributed by atoms with Crippen LogP contribution in [0.2, 0.25) is 0 Å². The second-order valence-electron chi connectivity index (χ2n) is 4.95. The molecule has 0 aromatic carbocycles. The van der Waals surface area contributed by atoms with E-state index in [0.29, 0.717) is 13.2 Å². The van der Waals surface area contributed by atoms with E-state index in [-0.39, 0.29) is 18.2 Å². The topological polar surface area (TPSA) is 50.7 Å². The Labute approximate surface area is 106 Å². The maximum absolute atomic E-state index is 8.94. The van der Waals surface area contributed by atoms with E-state index < -0.39 is 0 Å². The van der Waals surface area contributed by atoms with E-state index >= 15 is 0 Å². The highest BCUT2D eigenvalue weighted by molar-refractivity contribution is 4.68. The normalized spacial score (nSPS) is 13.9. The van der Waals surface area contributed by atoms with Gasteiger partial charge in [-0.2, -0.15) is 0 Å². The van der Waals surface area contributed by atoms with Crippen molar-refractivity contribution in [1.29, 1.82) is 0 Å². The molecule has 0 heterocycles. The van der Waals surface area contributed by atoms with Crippen LogP contribution in [0.25, 0.3) is 0 Å². The van der Waals surface area contributed by atoms with Gasteiger partial charge in [-0.1, -0.05) is 6.92 Å². The van der Waals surface area contributed by atoms with Crippen LogP contribution in [0.4, 0.5) is 0 Å². The van der Waals surface area contributed by atoms with Crippen molar-refractivity contribution in [2.24, 2.45) is 0 Å². The van der Waals surface area contributed by atoms with Gasteiger partial charge in [0, 0.05) is 26.4 Å². The molecule has 0 fully saturated rings. The summed E-state index contributed by atoms with van der Waals surface area (Å²) in [6.45, 7) is 8.75. The summed E-state index contributed by atoms with van der Waals surface area (Å²) >= 11 is 0. The Morgan fingerprint density at radius 1 is 1.35 bits per heavy atom. The minimum absolute atomic E-state index is 0.122. The van der Waals surface area contributed by atoms with Crippen molar-refractivity contribution in [2.75, 3.05) is 33.5 Å². The van der Waals surface area contributed by atoms with Crippen LogP contribution in [0.3, 0.4) is 0 Å². The van der Waals surface area contributed by atoms with E-state index in [1.54, 1.807) is 7.11 Å². The smallest absolute Gasteiger partial charge is 0.0644 e. The number of aliphatic hydroxyl groups excluding tert-OH is 1. The van der Waals surface area contributed by atoms with Crippen LogP contribution < -0.4 is 5.32 Å². The first-order valence-corrected chi connectivity index (χ1v) is 6.53. The van der Waals surface area contributed by atoms with E-state index in [4.69, 9.17) is 14.6 Å². The second-order valence-corrected chi connectivity index (χ2v) is 4.95. The SMILES string of the molecule is CCCNC(CCO)COCCC(C)(C)OC. The molecule has 104 valence electrons. The molecule has 0 spiro atoms. The summed E-state index contributed by atoms with van der Waals surface area (Å²) < 4.78 is 11.0. The van der Waals surface area contributed by atoms with Crippen LogP contribution in [0.1, 0.15) is 40.0 Å². The van der Waals surface area contributed by atoms with Gasteiger partial charge in [-0.25, -0.2) is 0 Å². The highest BCUT2D eigenvalue weighted by Gasteiger charge is 2.16. The lowest BCUT2D eigenvalue weighted by Crippen LogP contribution is -2.35. The van der Waals surface area contributed by atoms with Crippen LogP contribution in [0.5, 0.6) is 0 Å². The van der Waals surface area contributed by atoms with Crippen LogP contribution in [0, 0.1) is 0 Å².